The molecular formula is C11H17FN4O2S. The minimum absolute atomic E-state index is 0.248. The first-order chi connectivity index (χ1) is 9.09. The monoisotopic (exact) mass is 288 g/mol. The fourth-order valence-corrected chi connectivity index (χ4v) is 2.93. The largest absolute Gasteiger partial charge is 0.314 e. The molecule has 1 fully saturated rings. The van der Waals surface area contributed by atoms with Crippen molar-refractivity contribution in [2.75, 3.05) is 39.3 Å². The van der Waals surface area contributed by atoms with Gasteiger partial charge in [-0.2, -0.15) is 0 Å². The van der Waals surface area contributed by atoms with Crippen LogP contribution >= 0.6 is 0 Å². The predicted octanol–water partition coefficient (Wildman–Crippen LogP) is -0.596. The number of sulfonamides is 1. The minimum atomic E-state index is -3.87. The number of aromatic nitrogens is 1. The first-order valence-corrected chi connectivity index (χ1v) is 7.61. The van der Waals surface area contributed by atoms with Gasteiger partial charge in [0.15, 0.2) is 5.82 Å². The van der Waals surface area contributed by atoms with Crippen LogP contribution in [0, 0.1) is 5.82 Å². The molecule has 2 N–H and O–H groups in total. The highest BCUT2D eigenvalue weighted by atomic mass is 32.2. The van der Waals surface area contributed by atoms with Crippen LogP contribution in [0.5, 0.6) is 0 Å². The highest BCUT2D eigenvalue weighted by molar-refractivity contribution is 7.89. The summed E-state index contributed by atoms with van der Waals surface area (Å²) in [5.74, 6) is -0.836. The van der Waals surface area contributed by atoms with E-state index in [1.807, 2.05) is 0 Å². The molecule has 0 bridgehead atoms. The summed E-state index contributed by atoms with van der Waals surface area (Å²) >= 11 is 0. The Morgan fingerprint density at radius 3 is 2.84 bits per heavy atom. The van der Waals surface area contributed by atoms with Crippen molar-refractivity contribution < 1.29 is 12.8 Å². The summed E-state index contributed by atoms with van der Waals surface area (Å²) in [6.07, 6.45) is 1.26. The highest BCUT2D eigenvalue weighted by Gasteiger charge is 2.20. The van der Waals surface area contributed by atoms with Gasteiger partial charge in [-0.3, -0.25) is 4.90 Å². The molecule has 0 aliphatic carbocycles. The standard InChI is InChI=1S/C11H17FN4O2S/c12-10-2-1-3-14-11(10)19(17,18)15-6-9-16-7-4-13-5-8-16/h1-3,13,15H,4-9H2. The lowest BCUT2D eigenvalue weighted by Crippen LogP contribution is -2.46. The van der Waals surface area contributed by atoms with Crippen LogP contribution in [-0.2, 0) is 10.0 Å². The number of rotatable bonds is 5. The minimum Gasteiger partial charge on any atom is -0.314 e. The molecule has 0 unspecified atom stereocenters. The van der Waals surface area contributed by atoms with E-state index in [-0.39, 0.29) is 6.54 Å². The molecule has 1 aliphatic rings. The summed E-state index contributed by atoms with van der Waals surface area (Å²) in [6.45, 7) is 4.44. The summed E-state index contributed by atoms with van der Waals surface area (Å²) in [7, 11) is -3.87. The van der Waals surface area contributed by atoms with Crippen LogP contribution in [0.4, 0.5) is 4.39 Å². The molecule has 1 aromatic heterocycles. The van der Waals surface area contributed by atoms with Gasteiger partial charge >= 0.3 is 0 Å². The van der Waals surface area contributed by atoms with Crippen LogP contribution in [0.3, 0.4) is 0 Å². The van der Waals surface area contributed by atoms with Gasteiger partial charge in [-0.15, -0.1) is 0 Å². The maximum Gasteiger partial charge on any atom is 0.261 e. The van der Waals surface area contributed by atoms with Crippen LogP contribution < -0.4 is 10.0 Å². The summed E-state index contributed by atoms with van der Waals surface area (Å²) in [6, 6.07) is 2.44. The molecule has 0 spiro atoms. The maximum atomic E-state index is 13.4. The number of pyridine rings is 1. The van der Waals surface area contributed by atoms with Crippen molar-refractivity contribution in [2.24, 2.45) is 0 Å². The number of hydrogen-bond donors (Lipinski definition) is 2. The molecule has 1 aromatic rings. The molecule has 6 nitrogen and oxygen atoms in total. The van der Waals surface area contributed by atoms with Gasteiger partial charge in [-0.05, 0) is 12.1 Å². The molecule has 19 heavy (non-hydrogen) atoms. The van der Waals surface area contributed by atoms with Gasteiger partial charge in [-0.25, -0.2) is 22.5 Å². The SMILES string of the molecule is O=S(=O)(NCCN1CCNCC1)c1ncccc1F. The van der Waals surface area contributed by atoms with Gasteiger partial charge in [0.05, 0.1) is 0 Å². The number of nitrogens with one attached hydrogen (secondary N) is 2. The topological polar surface area (TPSA) is 74.3 Å². The van der Waals surface area contributed by atoms with Crippen molar-refractivity contribution in [1.82, 2.24) is 19.9 Å². The third kappa shape index (κ3) is 3.93. The Balaban J connectivity index is 1.89. The summed E-state index contributed by atoms with van der Waals surface area (Å²) < 4.78 is 39.4. The summed E-state index contributed by atoms with van der Waals surface area (Å²) in [4.78, 5) is 5.71. The molecule has 1 saturated heterocycles. The zero-order valence-electron chi connectivity index (χ0n) is 10.5. The second-order valence-corrected chi connectivity index (χ2v) is 5.96. The van der Waals surface area contributed by atoms with E-state index in [1.165, 1.54) is 12.3 Å². The van der Waals surface area contributed by atoms with Gasteiger partial charge in [0, 0.05) is 45.5 Å². The molecule has 8 heteroatoms. The third-order valence-corrected chi connectivity index (χ3v) is 4.30. The smallest absolute Gasteiger partial charge is 0.261 e. The van der Waals surface area contributed by atoms with E-state index in [9.17, 15) is 12.8 Å². The molecule has 0 saturated carbocycles. The Morgan fingerprint density at radius 2 is 2.16 bits per heavy atom. The summed E-state index contributed by atoms with van der Waals surface area (Å²) in [5.41, 5.74) is 0. The van der Waals surface area contributed by atoms with Gasteiger partial charge in [0.25, 0.3) is 10.0 Å². The average Bonchev–Trinajstić information content (AvgIpc) is 2.40. The van der Waals surface area contributed by atoms with Gasteiger partial charge < -0.3 is 5.32 Å². The van der Waals surface area contributed by atoms with E-state index in [4.69, 9.17) is 0 Å². The molecule has 0 aromatic carbocycles. The number of halogens is 1. The Hall–Kier alpha value is -1.09. The number of hydrogen-bond acceptors (Lipinski definition) is 5. The van der Waals surface area contributed by atoms with E-state index >= 15 is 0 Å². The van der Waals surface area contributed by atoms with E-state index in [2.05, 4.69) is 19.9 Å². The second-order valence-electron chi connectivity index (χ2n) is 4.28. The molecular weight excluding hydrogens is 271 g/mol. The third-order valence-electron chi connectivity index (χ3n) is 2.91. The van der Waals surface area contributed by atoms with Crippen molar-refractivity contribution in [3.8, 4) is 0 Å². The predicted molar refractivity (Wildman–Crippen MR) is 68.7 cm³/mol. The Bertz CT molecular complexity index is 517. The van der Waals surface area contributed by atoms with Crippen molar-refractivity contribution in [2.45, 2.75) is 5.03 Å². The highest BCUT2D eigenvalue weighted by Crippen LogP contribution is 2.09. The van der Waals surface area contributed by atoms with E-state index in [1.54, 1.807) is 0 Å². The van der Waals surface area contributed by atoms with E-state index in [0.29, 0.717) is 6.54 Å². The van der Waals surface area contributed by atoms with Crippen molar-refractivity contribution in [3.05, 3.63) is 24.1 Å². The Labute approximate surface area is 112 Å². The Kier molecular flexibility index (Phi) is 4.81. The van der Waals surface area contributed by atoms with Gasteiger partial charge in [-0.1, -0.05) is 0 Å². The maximum absolute atomic E-state index is 13.4. The first-order valence-electron chi connectivity index (χ1n) is 6.13. The average molecular weight is 288 g/mol. The van der Waals surface area contributed by atoms with Crippen LogP contribution in [0.1, 0.15) is 0 Å². The lowest BCUT2D eigenvalue weighted by molar-refractivity contribution is 0.245. The first kappa shape index (κ1) is 14.3. The van der Waals surface area contributed by atoms with E-state index < -0.39 is 20.9 Å². The molecule has 0 atom stereocenters. The van der Waals surface area contributed by atoms with Crippen LogP contribution in [0.2, 0.25) is 0 Å². The zero-order chi connectivity index (χ0) is 13.7. The van der Waals surface area contributed by atoms with Crippen LogP contribution in [-0.4, -0.2) is 57.6 Å². The quantitative estimate of drug-likeness (QED) is 0.757. The molecule has 1 aliphatic heterocycles. The zero-order valence-corrected chi connectivity index (χ0v) is 11.3. The fraction of sp³-hybridized carbons (Fsp3) is 0.545. The lowest BCUT2D eigenvalue weighted by atomic mass is 10.3. The van der Waals surface area contributed by atoms with Crippen molar-refractivity contribution in [3.63, 3.8) is 0 Å². The van der Waals surface area contributed by atoms with Crippen LogP contribution in [0.25, 0.3) is 0 Å². The van der Waals surface area contributed by atoms with Crippen molar-refractivity contribution in [1.29, 1.82) is 0 Å². The fourth-order valence-electron chi connectivity index (χ4n) is 1.91. The van der Waals surface area contributed by atoms with Gasteiger partial charge in [0.2, 0.25) is 5.03 Å². The van der Waals surface area contributed by atoms with Crippen LogP contribution in [0.15, 0.2) is 23.4 Å². The molecule has 106 valence electrons. The van der Waals surface area contributed by atoms with E-state index in [0.717, 1.165) is 32.2 Å². The number of nitrogens with zero attached hydrogens (tertiary/aromatic N) is 2. The molecule has 0 amide bonds. The number of piperazine rings is 1. The van der Waals surface area contributed by atoms with Gasteiger partial charge in [0.1, 0.15) is 0 Å². The molecule has 2 heterocycles. The molecule has 2 rings (SSSR count). The Morgan fingerprint density at radius 1 is 1.42 bits per heavy atom. The van der Waals surface area contributed by atoms with Crippen molar-refractivity contribution >= 4 is 10.0 Å². The molecule has 0 radical (unpaired) electrons. The summed E-state index contributed by atoms with van der Waals surface area (Å²) in [5, 5.41) is 2.67. The lowest BCUT2D eigenvalue weighted by Gasteiger charge is -2.26. The second kappa shape index (κ2) is 6.38. The normalized spacial score (nSPS) is 17.5.